The van der Waals surface area contributed by atoms with Crippen LogP contribution in [-0.2, 0) is 4.79 Å². The van der Waals surface area contributed by atoms with Crippen LogP contribution in [0.3, 0.4) is 0 Å². The highest BCUT2D eigenvalue weighted by atomic mass is 32.1. The van der Waals surface area contributed by atoms with Gasteiger partial charge in [-0.25, -0.2) is 0 Å². The summed E-state index contributed by atoms with van der Waals surface area (Å²) in [5, 5.41) is 9.61. The molecule has 0 aliphatic rings. The molecule has 0 aliphatic heterocycles. The normalized spacial score (nSPS) is 10.6. The first kappa shape index (κ1) is 21.9. The zero-order chi connectivity index (χ0) is 21.7. The number of amides is 1. The molecule has 156 valence electrons. The number of rotatable bonds is 8. The molecule has 30 heavy (non-hydrogen) atoms. The Balaban J connectivity index is 1.65. The Hall–Kier alpha value is -2.84. The summed E-state index contributed by atoms with van der Waals surface area (Å²) in [4.78, 5) is 15.6. The fourth-order valence-electron chi connectivity index (χ4n) is 3.16. The van der Waals surface area contributed by atoms with Gasteiger partial charge in [-0.15, -0.1) is 12.6 Å². The van der Waals surface area contributed by atoms with Crippen molar-refractivity contribution in [3.05, 3.63) is 65.7 Å². The molecular formula is C22H25N5OS2. The molecule has 2 N–H and O–H groups in total. The average molecular weight is 440 g/mol. The van der Waals surface area contributed by atoms with Gasteiger partial charge in [-0.3, -0.25) is 14.5 Å². The minimum absolute atomic E-state index is 0.0488. The highest BCUT2D eigenvalue weighted by Gasteiger charge is 2.11. The zero-order valence-corrected chi connectivity index (χ0v) is 18.8. The second-order valence-electron chi connectivity index (χ2n) is 6.94. The second kappa shape index (κ2) is 9.77. The van der Waals surface area contributed by atoms with E-state index in [1.54, 1.807) is 10.9 Å². The van der Waals surface area contributed by atoms with Crippen LogP contribution in [0.25, 0.3) is 11.3 Å². The van der Waals surface area contributed by atoms with Crippen LogP contribution >= 0.6 is 24.8 Å². The molecule has 0 unspecified atom stereocenters. The van der Waals surface area contributed by atoms with E-state index in [1.807, 2.05) is 43.3 Å². The van der Waals surface area contributed by atoms with Crippen LogP contribution in [0, 0.1) is 4.77 Å². The van der Waals surface area contributed by atoms with E-state index in [9.17, 15) is 4.79 Å². The van der Waals surface area contributed by atoms with E-state index in [0.717, 1.165) is 34.0 Å². The molecule has 0 radical (unpaired) electrons. The lowest BCUT2D eigenvalue weighted by atomic mass is 10.1. The summed E-state index contributed by atoms with van der Waals surface area (Å²) < 4.78 is 2.24. The zero-order valence-electron chi connectivity index (χ0n) is 17.1. The van der Waals surface area contributed by atoms with Gasteiger partial charge in [-0.05, 0) is 73.6 Å². The smallest absolute Gasteiger partial charge is 0.226 e. The number of hydrogen-bond donors (Lipinski definition) is 3. The van der Waals surface area contributed by atoms with Crippen molar-refractivity contribution < 1.29 is 4.79 Å². The van der Waals surface area contributed by atoms with Crippen molar-refractivity contribution in [3.63, 3.8) is 0 Å². The Bertz CT molecular complexity index is 1120. The van der Waals surface area contributed by atoms with Gasteiger partial charge in [-0.1, -0.05) is 12.6 Å². The lowest BCUT2D eigenvalue weighted by Gasteiger charge is -2.24. The number of aromatic amines is 1. The lowest BCUT2D eigenvalue weighted by Crippen LogP contribution is -2.27. The van der Waals surface area contributed by atoms with Crippen LogP contribution in [0.2, 0.25) is 0 Å². The standard InChI is InChI=1S/C22H25N5OS2/c1-4-26(17-8-9-20(29)19(13-17)15(2)3)11-10-21(28)24-16-6-5-7-18(12-16)27-14-23-25-22(27)30/h5-9,12-14,29H,2,4,10-11H2,1,3H3,(H,24,28)(H,25,30). The van der Waals surface area contributed by atoms with Gasteiger partial charge in [0, 0.05) is 35.8 Å². The third-order valence-corrected chi connectivity index (χ3v) is 5.43. The Morgan fingerprint density at radius 1 is 1.33 bits per heavy atom. The van der Waals surface area contributed by atoms with Crippen molar-refractivity contribution in [2.24, 2.45) is 0 Å². The van der Waals surface area contributed by atoms with Gasteiger partial charge in [0.2, 0.25) is 5.91 Å². The van der Waals surface area contributed by atoms with E-state index in [-0.39, 0.29) is 5.91 Å². The molecule has 8 heteroatoms. The minimum Gasteiger partial charge on any atom is -0.371 e. The molecule has 2 aromatic carbocycles. The summed E-state index contributed by atoms with van der Waals surface area (Å²) in [5.41, 5.74) is 4.59. The highest BCUT2D eigenvalue weighted by molar-refractivity contribution is 7.80. The first-order chi connectivity index (χ1) is 14.4. The molecular weight excluding hydrogens is 414 g/mol. The van der Waals surface area contributed by atoms with Crippen molar-refractivity contribution in [1.82, 2.24) is 14.8 Å². The summed E-state index contributed by atoms with van der Waals surface area (Å²) in [5.74, 6) is -0.0488. The average Bonchev–Trinajstić information content (AvgIpc) is 3.15. The quantitative estimate of drug-likeness (QED) is 0.337. The van der Waals surface area contributed by atoms with Crippen LogP contribution in [0.5, 0.6) is 0 Å². The summed E-state index contributed by atoms with van der Waals surface area (Å²) in [6.07, 6.45) is 1.98. The Morgan fingerprint density at radius 3 is 2.80 bits per heavy atom. The van der Waals surface area contributed by atoms with Crippen LogP contribution in [0.15, 0.2) is 60.3 Å². The molecule has 0 fully saturated rings. The molecule has 3 rings (SSSR count). The maximum Gasteiger partial charge on any atom is 0.226 e. The molecule has 1 amide bonds. The van der Waals surface area contributed by atoms with Gasteiger partial charge in [0.15, 0.2) is 4.77 Å². The lowest BCUT2D eigenvalue weighted by molar-refractivity contribution is -0.116. The number of carbonyl (C=O) groups is 1. The van der Waals surface area contributed by atoms with E-state index in [2.05, 4.69) is 52.6 Å². The molecule has 3 aromatic rings. The fourth-order valence-corrected chi connectivity index (χ4v) is 3.69. The summed E-state index contributed by atoms with van der Waals surface area (Å²) in [7, 11) is 0. The van der Waals surface area contributed by atoms with Crippen LogP contribution in [0.1, 0.15) is 25.8 Å². The first-order valence-corrected chi connectivity index (χ1v) is 10.5. The Morgan fingerprint density at radius 2 is 2.13 bits per heavy atom. The predicted molar refractivity (Wildman–Crippen MR) is 128 cm³/mol. The predicted octanol–water partition coefficient (Wildman–Crippen LogP) is 5.11. The van der Waals surface area contributed by atoms with Crippen LogP contribution in [-0.4, -0.2) is 33.8 Å². The van der Waals surface area contributed by atoms with Gasteiger partial charge in [-0.2, -0.15) is 5.10 Å². The molecule has 6 nitrogen and oxygen atoms in total. The van der Waals surface area contributed by atoms with Gasteiger partial charge < -0.3 is 10.2 Å². The molecule has 1 aromatic heterocycles. The van der Waals surface area contributed by atoms with E-state index < -0.39 is 0 Å². The SMILES string of the molecule is C=C(C)c1cc(N(CC)CCC(=O)Nc2cccc(-n3cn[nH]c3=S)c2)ccc1S. The van der Waals surface area contributed by atoms with Gasteiger partial charge in [0.1, 0.15) is 6.33 Å². The van der Waals surface area contributed by atoms with Gasteiger partial charge >= 0.3 is 0 Å². The molecule has 0 spiro atoms. The summed E-state index contributed by atoms with van der Waals surface area (Å²) in [6, 6.07) is 13.6. The van der Waals surface area contributed by atoms with E-state index in [4.69, 9.17) is 12.2 Å². The van der Waals surface area contributed by atoms with Crippen LogP contribution < -0.4 is 10.2 Å². The second-order valence-corrected chi connectivity index (χ2v) is 7.81. The minimum atomic E-state index is -0.0488. The molecule has 0 saturated heterocycles. The fraction of sp³-hybridized carbons (Fsp3) is 0.227. The van der Waals surface area contributed by atoms with Crippen molar-refractivity contribution in [2.75, 3.05) is 23.3 Å². The largest absolute Gasteiger partial charge is 0.371 e. The van der Waals surface area contributed by atoms with Crippen molar-refractivity contribution in [1.29, 1.82) is 0 Å². The monoisotopic (exact) mass is 439 g/mol. The Kier molecular flexibility index (Phi) is 7.12. The first-order valence-electron chi connectivity index (χ1n) is 9.65. The number of benzene rings is 2. The number of thiol groups is 1. The van der Waals surface area contributed by atoms with Crippen molar-refractivity contribution in [2.45, 2.75) is 25.2 Å². The molecule has 0 atom stereocenters. The van der Waals surface area contributed by atoms with Crippen molar-refractivity contribution in [3.8, 4) is 5.69 Å². The molecule has 0 bridgehead atoms. The number of carbonyl (C=O) groups excluding carboxylic acids is 1. The number of nitrogens with one attached hydrogen (secondary N) is 2. The number of anilines is 2. The molecule has 1 heterocycles. The summed E-state index contributed by atoms with van der Waals surface area (Å²) in [6.45, 7) is 9.46. The van der Waals surface area contributed by atoms with E-state index in [0.29, 0.717) is 23.4 Å². The van der Waals surface area contributed by atoms with Gasteiger partial charge in [0.25, 0.3) is 0 Å². The van der Waals surface area contributed by atoms with E-state index >= 15 is 0 Å². The van der Waals surface area contributed by atoms with E-state index in [1.165, 1.54) is 0 Å². The summed E-state index contributed by atoms with van der Waals surface area (Å²) >= 11 is 9.71. The van der Waals surface area contributed by atoms with Crippen molar-refractivity contribution >= 4 is 47.7 Å². The number of hydrogen-bond acceptors (Lipinski definition) is 5. The van der Waals surface area contributed by atoms with Crippen LogP contribution in [0.4, 0.5) is 11.4 Å². The molecule has 0 saturated carbocycles. The maximum atomic E-state index is 12.5. The van der Waals surface area contributed by atoms with Gasteiger partial charge in [0.05, 0.1) is 5.69 Å². The Labute approximate surface area is 187 Å². The number of nitrogens with zero attached hydrogens (tertiary/aromatic N) is 3. The third-order valence-electron chi connectivity index (χ3n) is 4.76. The topological polar surface area (TPSA) is 66.0 Å². The number of H-pyrrole nitrogens is 1. The highest BCUT2D eigenvalue weighted by Crippen LogP contribution is 2.27. The number of allylic oxidation sites excluding steroid dienone is 1. The maximum absolute atomic E-state index is 12.5. The molecule has 0 aliphatic carbocycles. The third kappa shape index (κ3) is 5.20. The number of aromatic nitrogens is 3.